The van der Waals surface area contributed by atoms with Crippen LogP contribution in [-0.2, 0) is 20.7 Å². The highest BCUT2D eigenvalue weighted by molar-refractivity contribution is 5.98. The van der Waals surface area contributed by atoms with Gasteiger partial charge < -0.3 is 19.9 Å². The fourth-order valence-corrected chi connectivity index (χ4v) is 3.80. The van der Waals surface area contributed by atoms with Gasteiger partial charge in [-0.15, -0.1) is 0 Å². The third-order valence-corrected chi connectivity index (χ3v) is 5.14. The van der Waals surface area contributed by atoms with E-state index >= 15 is 0 Å². The van der Waals surface area contributed by atoms with Crippen molar-refractivity contribution in [3.05, 3.63) is 29.8 Å². The second-order valence-electron chi connectivity index (χ2n) is 6.86. The van der Waals surface area contributed by atoms with Crippen molar-refractivity contribution in [2.24, 2.45) is 10.9 Å². The molecule has 1 amide bonds. The van der Waals surface area contributed by atoms with Gasteiger partial charge in [0.15, 0.2) is 5.96 Å². The van der Waals surface area contributed by atoms with Crippen LogP contribution < -0.4 is 10.2 Å². The first-order chi connectivity index (χ1) is 13.1. The van der Waals surface area contributed by atoms with E-state index in [1.165, 1.54) is 5.56 Å². The summed E-state index contributed by atoms with van der Waals surface area (Å²) < 4.78 is 5.16. The number of esters is 1. The summed E-state index contributed by atoms with van der Waals surface area (Å²) in [4.78, 5) is 32.9. The maximum Gasteiger partial charge on any atom is 0.310 e. The van der Waals surface area contributed by atoms with Gasteiger partial charge in [-0.3, -0.25) is 14.6 Å². The molecule has 0 saturated carbocycles. The van der Waals surface area contributed by atoms with E-state index in [4.69, 9.17) is 4.74 Å². The van der Waals surface area contributed by atoms with Crippen LogP contribution in [0.25, 0.3) is 0 Å². The van der Waals surface area contributed by atoms with E-state index in [-0.39, 0.29) is 24.3 Å². The number of nitrogens with zero attached hydrogens (tertiary/aromatic N) is 3. The van der Waals surface area contributed by atoms with Gasteiger partial charge in [-0.1, -0.05) is 18.2 Å². The number of piperidine rings is 1. The Kier molecular flexibility index (Phi) is 6.32. The highest BCUT2D eigenvalue weighted by atomic mass is 16.5. The normalized spacial score (nSPS) is 19.6. The van der Waals surface area contributed by atoms with Crippen LogP contribution in [0.3, 0.4) is 0 Å². The molecule has 1 fully saturated rings. The Morgan fingerprint density at radius 1 is 1.30 bits per heavy atom. The second kappa shape index (κ2) is 8.88. The molecule has 0 radical (unpaired) electrons. The van der Waals surface area contributed by atoms with Crippen molar-refractivity contribution in [3.8, 4) is 0 Å². The predicted octanol–water partition coefficient (Wildman–Crippen LogP) is 1.43. The number of hydrogen-bond acceptors (Lipinski definition) is 4. The lowest BCUT2D eigenvalue weighted by molar-refractivity contribution is -0.149. The van der Waals surface area contributed by atoms with Gasteiger partial charge in [0.25, 0.3) is 0 Å². The molecule has 1 N–H and O–H groups in total. The van der Waals surface area contributed by atoms with Gasteiger partial charge >= 0.3 is 5.97 Å². The Morgan fingerprint density at radius 2 is 2.11 bits per heavy atom. The van der Waals surface area contributed by atoms with E-state index in [0.29, 0.717) is 25.7 Å². The molecule has 0 bridgehead atoms. The number of ether oxygens (including phenoxy) is 1. The Morgan fingerprint density at radius 3 is 2.89 bits per heavy atom. The lowest BCUT2D eigenvalue weighted by Gasteiger charge is -2.34. The largest absolute Gasteiger partial charge is 0.466 e. The van der Waals surface area contributed by atoms with Crippen molar-refractivity contribution < 1.29 is 14.3 Å². The SMILES string of the molecule is CCOC(=O)C1CCCN(C(=NC)NCC(=O)N2CCc3ccccc32)C1. The molecule has 2 aliphatic rings. The highest BCUT2D eigenvalue weighted by Gasteiger charge is 2.29. The van der Waals surface area contributed by atoms with Gasteiger partial charge in [0.2, 0.25) is 5.91 Å². The zero-order chi connectivity index (χ0) is 19.2. The summed E-state index contributed by atoms with van der Waals surface area (Å²) in [5.74, 6) is 0.394. The summed E-state index contributed by atoms with van der Waals surface area (Å²) in [7, 11) is 1.70. The number of aliphatic imine (C=N–C) groups is 1. The monoisotopic (exact) mass is 372 g/mol. The average molecular weight is 372 g/mol. The van der Waals surface area contributed by atoms with Crippen molar-refractivity contribution in [2.45, 2.75) is 26.2 Å². The Hall–Kier alpha value is -2.57. The first-order valence-electron chi connectivity index (χ1n) is 9.64. The molecular weight excluding hydrogens is 344 g/mol. The number of nitrogens with one attached hydrogen (secondary N) is 1. The van der Waals surface area contributed by atoms with Crippen LogP contribution in [0.4, 0.5) is 5.69 Å². The van der Waals surface area contributed by atoms with Crippen LogP contribution in [0.2, 0.25) is 0 Å². The second-order valence-corrected chi connectivity index (χ2v) is 6.86. The minimum absolute atomic E-state index is 0.0278. The lowest BCUT2D eigenvalue weighted by Crippen LogP contribution is -2.50. The van der Waals surface area contributed by atoms with Crippen LogP contribution in [0.1, 0.15) is 25.3 Å². The quantitative estimate of drug-likeness (QED) is 0.492. The molecule has 2 heterocycles. The molecule has 0 aliphatic carbocycles. The Bertz CT molecular complexity index is 719. The van der Waals surface area contributed by atoms with Gasteiger partial charge in [0.1, 0.15) is 0 Å². The number of hydrogen-bond donors (Lipinski definition) is 1. The fraction of sp³-hybridized carbons (Fsp3) is 0.550. The summed E-state index contributed by atoms with van der Waals surface area (Å²) in [6.07, 6.45) is 2.62. The van der Waals surface area contributed by atoms with Crippen LogP contribution in [0.5, 0.6) is 0 Å². The van der Waals surface area contributed by atoms with Gasteiger partial charge in [-0.2, -0.15) is 0 Å². The minimum Gasteiger partial charge on any atom is -0.466 e. The number of fused-ring (bicyclic) bond motifs is 1. The molecule has 7 nitrogen and oxygen atoms in total. The van der Waals surface area contributed by atoms with Crippen LogP contribution in [0, 0.1) is 5.92 Å². The number of benzene rings is 1. The number of likely N-dealkylation sites (tertiary alicyclic amines) is 1. The zero-order valence-electron chi connectivity index (χ0n) is 16.1. The van der Waals surface area contributed by atoms with Crippen molar-refractivity contribution in [3.63, 3.8) is 0 Å². The Labute approximate surface area is 160 Å². The average Bonchev–Trinajstić information content (AvgIpc) is 3.13. The van der Waals surface area contributed by atoms with Crippen molar-refractivity contribution in [2.75, 3.05) is 44.7 Å². The number of carbonyl (C=O) groups excluding carboxylic acids is 2. The summed E-state index contributed by atoms with van der Waals surface area (Å²) >= 11 is 0. The number of carbonyl (C=O) groups is 2. The minimum atomic E-state index is -0.151. The van der Waals surface area contributed by atoms with E-state index in [1.807, 2.05) is 34.9 Å². The number of anilines is 1. The van der Waals surface area contributed by atoms with E-state index in [1.54, 1.807) is 7.05 Å². The van der Waals surface area contributed by atoms with Gasteiger partial charge in [0.05, 0.1) is 19.1 Å². The molecule has 0 spiro atoms. The van der Waals surface area contributed by atoms with Gasteiger partial charge in [-0.05, 0) is 37.8 Å². The third kappa shape index (κ3) is 4.40. The topological polar surface area (TPSA) is 74.2 Å². The van der Waals surface area contributed by atoms with E-state index in [2.05, 4.69) is 16.4 Å². The summed E-state index contributed by atoms with van der Waals surface area (Å²) in [5, 5.41) is 3.17. The van der Waals surface area contributed by atoms with Gasteiger partial charge in [0, 0.05) is 32.4 Å². The lowest BCUT2D eigenvalue weighted by atomic mass is 9.98. The smallest absolute Gasteiger partial charge is 0.310 e. The number of para-hydroxylation sites is 1. The maximum absolute atomic E-state index is 12.7. The maximum atomic E-state index is 12.7. The van der Waals surface area contributed by atoms with Crippen molar-refractivity contribution in [1.82, 2.24) is 10.2 Å². The molecule has 1 atom stereocenters. The highest BCUT2D eigenvalue weighted by Crippen LogP contribution is 2.27. The number of rotatable bonds is 4. The Balaban J connectivity index is 1.56. The molecule has 3 rings (SSSR count). The molecular formula is C20H28N4O3. The molecule has 1 aromatic rings. The third-order valence-electron chi connectivity index (χ3n) is 5.14. The van der Waals surface area contributed by atoms with Crippen LogP contribution in [0.15, 0.2) is 29.3 Å². The van der Waals surface area contributed by atoms with E-state index < -0.39 is 0 Å². The molecule has 0 aromatic heterocycles. The predicted molar refractivity (Wildman–Crippen MR) is 105 cm³/mol. The molecule has 1 aromatic carbocycles. The number of amides is 1. The zero-order valence-corrected chi connectivity index (χ0v) is 16.1. The summed E-state index contributed by atoms with van der Waals surface area (Å²) in [6, 6.07) is 8.02. The summed E-state index contributed by atoms with van der Waals surface area (Å²) in [5.41, 5.74) is 2.21. The summed E-state index contributed by atoms with van der Waals surface area (Å²) in [6.45, 7) is 4.50. The fourth-order valence-electron chi connectivity index (χ4n) is 3.80. The standard InChI is InChI=1S/C20H28N4O3/c1-3-27-19(26)16-8-6-11-23(14-16)20(21-2)22-13-18(25)24-12-10-15-7-4-5-9-17(15)24/h4-5,7,9,16H,3,6,8,10-14H2,1-2H3,(H,21,22). The number of guanidine groups is 1. The van der Waals surface area contributed by atoms with Crippen LogP contribution >= 0.6 is 0 Å². The van der Waals surface area contributed by atoms with Crippen molar-refractivity contribution >= 4 is 23.5 Å². The first kappa shape index (κ1) is 19.2. The molecule has 1 unspecified atom stereocenters. The molecule has 2 aliphatic heterocycles. The molecule has 146 valence electrons. The molecule has 27 heavy (non-hydrogen) atoms. The van der Waals surface area contributed by atoms with E-state index in [0.717, 1.165) is 31.5 Å². The first-order valence-corrected chi connectivity index (χ1v) is 9.64. The molecule has 1 saturated heterocycles. The van der Waals surface area contributed by atoms with E-state index in [9.17, 15) is 9.59 Å². The van der Waals surface area contributed by atoms with Gasteiger partial charge in [-0.25, -0.2) is 0 Å². The van der Waals surface area contributed by atoms with Crippen molar-refractivity contribution in [1.29, 1.82) is 0 Å². The van der Waals surface area contributed by atoms with Crippen LogP contribution in [-0.4, -0.2) is 62.6 Å². The molecule has 7 heteroatoms.